The Kier molecular flexibility index (Phi) is 4.29. The summed E-state index contributed by atoms with van der Waals surface area (Å²) in [6, 6.07) is 11.2. The zero-order valence-electron chi connectivity index (χ0n) is 12.9. The van der Waals surface area contributed by atoms with E-state index in [9.17, 15) is 4.79 Å². The number of nitrogens with zero attached hydrogens (tertiary/aromatic N) is 1. The average Bonchev–Trinajstić information content (AvgIpc) is 3.27. The molecule has 124 valence electrons. The van der Waals surface area contributed by atoms with Crippen LogP contribution >= 0.6 is 11.3 Å². The molecule has 1 aliphatic rings. The minimum atomic E-state index is -0.434. The minimum Gasteiger partial charge on any atom is -0.448 e. The van der Waals surface area contributed by atoms with E-state index in [-0.39, 0.29) is 12.1 Å². The SMILES string of the molecule is O=C(NO[C@H]1CCCCO1)c1ccc(-c2nc3ccccc3s2)o1. The van der Waals surface area contributed by atoms with Crippen LogP contribution < -0.4 is 5.48 Å². The molecule has 0 aliphatic carbocycles. The van der Waals surface area contributed by atoms with Crippen molar-refractivity contribution >= 4 is 27.5 Å². The van der Waals surface area contributed by atoms with Crippen molar-refractivity contribution in [3.8, 4) is 10.8 Å². The van der Waals surface area contributed by atoms with Gasteiger partial charge in [-0.25, -0.2) is 15.3 Å². The Labute approximate surface area is 142 Å². The number of benzene rings is 1. The summed E-state index contributed by atoms with van der Waals surface area (Å²) < 4.78 is 12.1. The van der Waals surface area contributed by atoms with E-state index in [1.165, 1.54) is 11.3 Å². The Bertz CT molecular complexity index is 818. The number of hydroxylamine groups is 1. The van der Waals surface area contributed by atoms with Crippen LogP contribution in [0, 0.1) is 0 Å². The van der Waals surface area contributed by atoms with Gasteiger partial charge in [0.15, 0.2) is 22.8 Å². The molecular weight excluding hydrogens is 328 g/mol. The molecule has 7 heteroatoms. The van der Waals surface area contributed by atoms with Crippen LogP contribution in [0.2, 0.25) is 0 Å². The number of amides is 1. The van der Waals surface area contributed by atoms with Crippen molar-refractivity contribution in [3.63, 3.8) is 0 Å². The van der Waals surface area contributed by atoms with Gasteiger partial charge < -0.3 is 9.15 Å². The molecule has 1 atom stereocenters. The van der Waals surface area contributed by atoms with Crippen molar-refractivity contribution < 1.29 is 18.8 Å². The van der Waals surface area contributed by atoms with Crippen molar-refractivity contribution in [2.75, 3.05) is 6.61 Å². The summed E-state index contributed by atoms with van der Waals surface area (Å²) in [5, 5.41) is 0.742. The molecule has 2 aromatic heterocycles. The number of hydrogen-bond donors (Lipinski definition) is 1. The Balaban J connectivity index is 1.44. The summed E-state index contributed by atoms with van der Waals surface area (Å²) in [6.07, 6.45) is 2.44. The van der Waals surface area contributed by atoms with Gasteiger partial charge in [-0.3, -0.25) is 4.79 Å². The van der Waals surface area contributed by atoms with Gasteiger partial charge in [-0.05, 0) is 37.1 Å². The number of thiazole rings is 1. The van der Waals surface area contributed by atoms with Gasteiger partial charge in [0.1, 0.15) is 0 Å². The molecule has 0 bridgehead atoms. The van der Waals surface area contributed by atoms with E-state index in [0.717, 1.165) is 34.5 Å². The molecule has 6 nitrogen and oxygen atoms in total. The number of nitrogens with one attached hydrogen (secondary N) is 1. The molecule has 1 N–H and O–H groups in total. The van der Waals surface area contributed by atoms with Crippen LogP contribution in [0.3, 0.4) is 0 Å². The zero-order chi connectivity index (χ0) is 16.4. The van der Waals surface area contributed by atoms with Crippen molar-refractivity contribution in [2.45, 2.75) is 25.6 Å². The van der Waals surface area contributed by atoms with Gasteiger partial charge in [0.05, 0.1) is 10.2 Å². The summed E-state index contributed by atoms with van der Waals surface area (Å²) in [6.45, 7) is 0.656. The summed E-state index contributed by atoms with van der Waals surface area (Å²) in [5.41, 5.74) is 3.30. The van der Waals surface area contributed by atoms with Gasteiger partial charge in [0.25, 0.3) is 0 Å². The highest BCUT2D eigenvalue weighted by molar-refractivity contribution is 7.21. The summed E-state index contributed by atoms with van der Waals surface area (Å²) in [5.74, 6) is 0.312. The van der Waals surface area contributed by atoms with Gasteiger partial charge in [0.2, 0.25) is 0 Å². The lowest BCUT2D eigenvalue weighted by Crippen LogP contribution is -2.32. The van der Waals surface area contributed by atoms with Crippen molar-refractivity contribution in [1.29, 1.82) is 0 Å². The number of rotatable bonds is 4. The van der Waals surface area contributed by atoms with Crippen LogP contribution in [0.15, 0.2) is 40.8 Å². The molecule has 24 heavy (non-hydrogen) atoms. The quantitative estimate of drug-likeness (QED) is 0.730. The van der Waals surface area contributed by atoms with Crippen molar-refractivity contribution in [3.05, 3.63) is 42.2 Å². The first-order valence-electron chi connectivity index (χ1n) is 7.83. The average molecular weight is 344 g/mol. The molecule has 3 aromatic rings. The first-order valence-corrected chi connectivity index (χ1v) is 8.64. The highest BCUT2D eigenvalue weighted by atomic mass is 32.1. The third kappa shape index (κ3) is 3.19. The molecule has 0 unspecified atom stereocenters. The number of furan rings is 1. The van der Waals surface area contributed by atoms with E-state index in [4.69, 9.17) is 14.0 Å². The molecule has 0 radical (unpaired) electrons. The van der Waals surface area contributed by atoms with E-state index in [1.54, 1.807) is 12.1 Å². The molecule has 0 saturated carbocycles. The van der Waals surface area contributed by atoms with Crippen LogP contribution in [-0.2, 0) is 9.57 Å². The highest BCUT2D eigenvalue weighted by Crippen LogP contribution is 2.31. The monoisotopic (exact) mass is 344 g/mol. The fraction of sp³-hybridized carbons (Fsp3) is 0.294. The molecule has 1 aliphatic heterocycles. The largest absolute Gasteiger partial charge is 0.448 e. The van der Waals surface area contributed by atoms with Crippen LogP contribution in [0.5, 0.6) is 0 Å². The number of carbonyl (C=O) groups is 1. The fourth-order valence-electron chi connectivity index (χ4n) is 2.53. The number of hydrogen-bond acceptors (Lipinski definition) is 6. The van der Waals surface area contributed by atoms with Gasteiger partial charge in [-0.2, -0.15) is 0 Å². The van der Waals surface area contributed by atoms with Gasteiger partial charge in [0, 0.05) is 13.0 Å². The maximum atomic E-state index is 12.1. The van der Waals surface area contributed by atoms with Crippen molar-refractivity contribution in [2.24, 2.45) is 0 Å². The summed E-state index contributed by atoms with van der Waals surface area (Å²) >= 11 is 1.52. The van der Waals surface area contributed by atoms with Gasteiger partial charge in [-0.15, -0.1) is 11.3 Å². The lowest BCUT2D eigenvalue weighted by Gasteiger charge is -2.21. The van der Waals surface area contributed by atoms with Gasteiger partial charge in [-0.1, -0.05) is 12.1 Å². The van der Waals surface area contributed by atoms with Crippen LogP contribution in [0.25, 0.3) is 21.0 Å². The third-order valence-electron chi connectivity index (χ3n) is 3.76. The third-order valence-corrected chi connectivity index (χ3v) is 4.81. The first kappa shape index (κ1) is 15.3. The predicted molar refractivity (Wildman–Crippen MR) is 89.5 cm³/mol. The normalized spacial score (nSPS) is 17.9. The second-order valence-corrected chi connectivity index (χ2v) is 6.53. The maximum Gasteiger partial charge on any atom is 0.310 e. The number of carbonyl (C=O) groups excluding carboxylic acids is 1. The molecular formula is C17H16N2O4S. The van der Waals surface area contributed by atoms with Crippen LogP contribution in [-0.4, -0.2) is 23.8 Å². The smallest absolute Gasteiger partial charge is 0.310 e. The minimum absolute atomic E-state index is 0.181. The Morgan fingerprint density at radius 1 is 1.25 bits per heavy atom. The number of fused-ring (bicyclic) bond motifs is 1. The fourth-order valence-corrected chi connectivity index (χ4v) is 3.45. The van der Waals surface area contributed by atoms with Crippen molar-refractivity contribution in [1.82, 2.24) is 10.5 Å². The maximum absolute atomic E-state index is 12.1. The van der Waals surface area contributed by atoms with E-state index < -0.39 is 5.91 Å². The molecule has 1 aromatic carbocycles. The van der Waals surface area contributed by atoms with E-state index in [0.29, 0.717) is 12.4 Å². The molecule has 1 amide bonds. The zero-order valence-corrected chi connectivity index (χ0v) is 13.7. The number of ether oxygens (including phenoxy) is 1. The molecule has 1 saturated heterocycles. The van der Waals surface area contributed by atoms with E-state index in [2.05, 4.69) is 10.5 Å². The summed E-state index contributed by atoms with van der Waals surface area (Å²) in [7, 11) is 0. The highest BCUT2D eigenvalue weighted by Gasteiger charge is 2.19. The first-order chi connectivity index (χ1) is 11.8. The number of para-hydroxylation sites is 1. The second kappa shape index (κ2) is 6.72. The lowest BCUT2D eigenvalue weighted by atomic mass is 10.2. The molecule has 1 fully saturated rings. The van der Waals surface area contributed by atoms with Crippen LogP contribution in [0.1, 0.15) is 29.8 Å². The Morgan fingerprint density at radius 2 is 2.17 bits per heavy atom. The predicted octanol–water partition coefficient (Wildman–Crippen LogP) is 3.74. The molecule has 0 spiro atoms. The van der Waals surface area contributed by atoms with Crippen LogP contribution in [0.4, 0.5) is 0 Å². The van der Waals surface area contributed by atoms with E-state index in [1.807, 2.05) is 24.3 Å². The van der Waals surface area contributed by atoms with E-state index >= 15 is 0 Å². The Hall–Kier alpha value is -2.22. The standard InChI is InChI=1S/C17H16N2O4S/c20-16(19-23-15-7-3-4-10-21-15)12-8-9-13(22-12)17-18-11-5-1-2-6-14(11)24-17/h1-2,5-6,8-9,15H,3-4,7,10H2,(H,19,20)/t15-/m0/s1. The molecule has 4 rings (SSSR count). The number of aromatic nitrogens is 1. The van der Waals surface area contributed by atoms with Gasteiger partial charge >= 0.3 is 5.91 Å². The molecule has 3 heterocycles. The lowest BCUT2D eigenvalue weighted by molar-refractivity contribution is -0.187. The topological polar surface area (TPSA) is 73.6 Å². The summed E-state index contributed by atoms with van der Waals surface area (Å²) in [4.78, 5) is 21.9. The Morgan fingerprint density at radius 3 is 3.00 bits per heavy atom. The second-order valence-electron chi connectivity index (χ2n) is 5.50.